The van der Waals surface area contributed by atoms with Crippen molar-refractivity contribution in [3.05, 3.63) is 41.0 Å². The Morgan fingerprint density at radius 3 is 2.27 bits per heavy atom. The lowest BCUT2D eigenvalue weighted by atomic mass is 9.81. The molecule has 0 atom stereocenters. The van der Waals surface area contributed by atoms with Gasteiger partial charge in [-0.25, -0.2) is 0 Å². The molecule has 0 aliphatic heterocycles. The zero-order valence-electron chi connectivity index (χ0n) is 17.9. The molecule has 0 bridgehead atoms. The molecule has 1 saturated carbocycles. The number of nitrogens with zero attached hydrogens (tertiary/aromatic N) is 1. The summed E-state index contributed by atoms with van der Waals surface area (Å²) in [7, 11) is 0. The lowest BCUT2D eigenvalue weighted by molar-refractivity contribution is 0.101. The van der Waals surface area contributed by atoms with Crippen LogP contribution in [0.2, 0.25) is 0 Å². The summed E-state index contributed by atoms with van der Waals surface area (Å²) in [6, 6.07) is 6.11. The van der Waals surface area contributed by atoms with Gasteiger partial charge in [-0.05, 0) is 63.5 Å². The summed E-state index contributed by atoms with van der Waals surface area (Å²) in [4.78, 5) is 16.7. The van der Waals surface area contributed by atoms with Crippen LogP contribution in [0.25, 0.3) is 5.70 Å². The van der Waals surface area contributed by atoms with Gasteiger partial charge in [-0.15, -0.1) is 0 Å². The number of ketones is 1. The number of carbonyl (C=O) groups is 1. The quantitative estimate of drug-likeness (QED) is 0.408. The fraction of sp³-hybridized carbons (Fsp3) is 0.583. The minimum atomic E-state index is 0.136. The van der Waals surface area contributed by atoms with E-state index in [0.717, 1.165) is 34.7 Å². The smallest absolute Gasteiger partial charge is 0.160 e. The number of allylic oxidation sites excluding steroid dienone is 1. The highest BCUT2D eigenvalue weighted by Crippen LogP contribution is 2.30. The molecule has 0 heterocycles. The minimum absolute atomic E-state index is 0.136. The van der Waals surface area contributed by atoms with Crippen molar-refractivity contribution in [3.8, 4) is 0 Å². The van der Waals surface area contributed by atoms with Crippen LogP contribution in [0.1, 0.15) is 95.6 Å². The Hall–Kier alpha value is -1.70. The van der Waals surface area contributed by atoms with Crippen LogP contribution in [-0.4, -0.2) is 11.5 Å². The van der Waals surface area contributed by atoms with Crippen LogP contribution in [0.3, 0.4) is 0 Å². The number of benzene rings is 1. The van der Waals surface area contributed by atoms with Crippen LogP contribution in [0.4, 0.5) is 0 Å². The monoisotopic (exact) mass is 355 g/mol. The van der Waals surface area contributed by atoms with Gasteiger partial charge < -0.3 is 0 Å². The summed E-state index contributed by atoms with van der Waals surface area (Å²) in [5, 5.41) is 0. The van der Waals surface area contributed by atoms with E-state index in [9.17, 15) is 4.79 Å². The SMILES string of the molecule is C/C=C(\N=C(C)C1CCC(C)CC1)c1ccc(C(C)=O)c(CC)c1.CC. The molecular formula is C24H37NO. The molecule has 1 aromatic rings. The van der Waals surface area contributed by atoms with Crippen molar-refractivity contribution in [3.63, 3.8) is 0 Å². The molecule has 0 saturated heterocycles. The van der Waals surface area contributed by atoms with E-state index in [4.69, 9.17) is 4.99 Å². The number of rotatable bonds is 5. The Kier molecular flexibility index (Phi) is 9.54. The van der Waals surface area contributed by atoms with Crippen LogP contribution < -0.4 is 0 Å². The Balaban J connectivity index is 0.00000163. The molecule has 2 heteroatoms. The first-order valence-electron chi connectivity index (χ1n) is 10.3. The fourth-order valence-electron chi connectivity index (χ4n) is 3.64. The summed E-state index contributed by atoms with van der Waals surface area (Å²) in [6.45, 7) is 14.3. The summed E-state index contributed by atoms with van der Waals surface area (Å²) in [6.07, 6.45) is 8.10. The number of aliphatic imine (C=N–C) groups is 1. The first-order valence-corrected chi connectivity index (χ1v) is 10.3. The summed E-state index contributed by atoms with van der Waals surface area (Å²) in [5.74, 6) is 1.62. The maximum absolute atomic E-state index is 11.7. The van der Waals surface area contributed by atoms with Gasteiger partial charge in [0.05, 0.1) is 5.70 Å². The summed E-state index contributed by atoms with van der Waals surface area (Å²) in [5.41, 5.74) is 5.33. The van der Waals surface area contributed by atoms with E-state index in [1.807, 2.05) is 32.9 Å². The van der Waals surface area contributed by atoms with Crippen molar-refractivity contribution in [2.24, 2.45) is 16.8 Å². The minimum Gasteiger partial charge on any atom is -0.295 e. The Morgan fingerprint density at radius 2 is 1.77 bits per heavy atom. The molecule has 1 aliphatic rings. The van der Waals surface area contributed by atoms with Crippen LogP contribution in [0.15, 0.2) is 29.3 Å². The Bertz CT molecular complexity index is 646. The van der Waals surface area contributed by atoms with E-state index in [-0.39, 0.29) is 5.78 Å². The van der Waals surface area contributed by atoms with Gasteiger partial charge in [0.2, 0.25) is 0 Å². The molecule has 0 aromatic heterocycles. The van der Waals surface area contributed by atoms with E-state index in [1.165, 1.54) is 31.4 Å². The summed E-state index contributed by atoms with van der Waals surface area (Å²) >= 11 is 0. The molecule has 0 amide bonds. The highest BCUT2D eigenvalue weighted by atomic mass is 16.1. The lowest BCUT2D eigenvalue weighted by Gasteiger charge is -2.26. The van der Waals surface area contributed by atoms with Crippen molar-refractivity contribution in [2.75, 3.05) is 0 Å². The van der Waals surface area contributed by atoms with Gasteiger partial charge in [0.25, 0.3) is 0 Å². The van der Waals surface area contributed by atoms with Gasteiger partial charge >= 0.3 is 0 Å². The predicted octanol–water partition coefficient (Wildman–Crippen LogP) is 7.13. The second kappa shape index (κ2) is 11.1. The van der Waals surface area contributed by atoms with Gasteiger partial charge in [0.1, 0.15) is 0 Å². The lowest BCUT2D eigenvalue weighted by Crippen LogP contribution is -2.18. The molecule has 1 aliphatic carbocycles. The first-order chi connectivity index (χ1) is 12.5. The maximum Gasteiger partial charge on any atom is 0.160 e. The first kappa shape index (κ1) is 22.3. The fourth-order valence-corrected chi connectivity index (χ4v) is 3.64. The molecule has 26 heavy (non-hydrogen) atoms. The molecule has 1 fully saturated rings. The van der Waals surface area contributed by atoms with Gasteiger partial charge in [-0.3, -0.25) is 9.79 Å². The highest BCUT2D eigenvalue weighted by molar-refractivity contribution is 5.96. The van der Waals surface area contributed by atoms with E-state index in [2.05, 4.69) is 32.9 Å². The third-order valence-electron chi connectivity index (χ3n) is 5.34. The van der Waals surface area contributed by atoms with Crippen molar-refractivity contribution < 1.29 is 4.79 Å². The van der Waals surface area contributed by atoms with Crippen LogP contribution in [0, 0.1) is 11.8 Å². The molecule has 0 spiro atoms. The summed E-state index contributed by atoms with van der Waals surface area (Å²) < 4.78 is 0. The van der Waals surface area contributed by atoms with Crippen LogP contribution in [0.5, 0.6) is 0 Å². The molecule has 0 radical (unpaired) electrons. The average Bonchev–Trinajstić information content (AvgIpc) is 2.67. The zero-order chi connectivity index (χ0) is 19.7. The van der Waals surface area contributed by atoms with Crippen LogP contribution >= 0.6 is 0 Å². The van der Waals surface area contributed by atoms with Crippen molar-refractivity contribution in [1.82, 2.24) is 0 Å². The van der Waals surface area contributed by atoms with E-state index in [1.54, 1.807) is 6.92 Å². The molecule has 144 valence electrons. The van der Waals surface area contributed by atoms with Gasteiger partial charge in [0.15, 0.2) is 5.78 Å². The third-order valence-corrected chi connectivity index (χ3v) is 5.34. The van der Waals surface area contributed by atoms with Gasteiger partial charge in [-0.2, -0.15) is 0 Å². The second-order valence-electron chi connectivity index (χ2n) is 7.17. The van der Waals surface area contributed by atoms with Crippen molar-refractivity contribution in [1.29, 1.82) is 0 Å². The molecule has 0 N–H and O–H groups in total. The number of hydrogen-bond acceptors (Lipinski definition) is 2. The standard InChI is InChI=1S/C22H31NO.C2H6/c1-6-18-14-20(12-13-21(18)17(5)24)22(7-2)23-16(4)19-10-8-15(3)9-11-19;1-2/h7,12-15,19H,6,8-11H2,1-5H3;1-2H3/b22-7-,23-16?;. The number of Topliss-reactive ketones (excluding diaryl/α,β-unsaturated/α-hetero) is 1. The topological polar surface area (TPSA) is 29.4 Å². The number of hydrogen-bond donors (Lipinski definition) is 0. The van der Waals surface area contributed by atoms with E-state index in [0.29, 0.717) is 5.92 Å². The van der Waals surface area contributed by atoms with Crippen LogP contribution in [-0.2, 0) is 6.42 Å². The molecule has 0 unspecified atom stereocenters. The third kappa shape index (κ3) is 5.93. The number of aryl methyl sites for hydroxylation is 1. The predicted molar refractivity (Wildman–Crippen MR) is 115 cm³/mol. The second-order valence-corrected chi connectivity index (χ2v) is 7.17. The molecule has 2 nitrogen and oxygen atoms in total. The van der Waals surface area contributed by atoms with E-state index < -0.39 is 0 Å². The molecule has 2 rings (SSSR count). The normalized spacial score (nSPS) is 21.0. The largest absolute Gasteiger partial charge is 0.295 e. The highest BCUT2D eigenvalue weighted by Gasteiger charge is 2.20. The molecular weight excluding hydrogens is 318 g/mol. The average molecular weight is 356 g/mol. The Labute approximate surface area is 160 Å². The number of carbonyl (C=O) groups excluding carboxylic acids is 1. The van der Waals surface area contributed by atoms with Crippen molar-refractivity contribution >= 4 is 17.2 Å². The zero-order valence-corrected chi connectivity index (χ0v) is 17.9. The van der Waals surface area contributed by atoms with Gasteiger partial charge in [0, 0.05) is 16.8 Å². The Morgan fingerprint density at radius 1 is 1.15 bits per heavy atom. The van der Waals surface area contributed by atoms with Crippen molar-refractivity contribution in [2.45, 2.75) is 80.6 Å². The van der Waals surface area contributed by atoms with E-state index >= 15 is 0 Å². The molecule has 1 aromatic carbocycles. The maximum atomic E-state index is 11.7. The van der Waals surface area contributed by atoms with Gasteiger partial charge in [-0.1, -0.05) is 58.7 Å².